The van der Waals surface area contributed by atoms with Gasteiger partial charge >= 0.3 is 5.91 Å². The topological polar surface area (TPSA) is 79.3 Å². The highest BCUT2D eigenvalue weighted by Gasteiger charge is 2.61. The normalized spacial score (nSPS) is 25.1. The first-order valence-electron chi connectivity index (χ1n) is 9.20. The van der Waals surface area contributed by atoms with Crippen LogP contribution in [0.5, 0.6) is 5.75 Å². The predicted octanol–water partition coefficient (Wildman–Crippen LogP) is 3.89. The van der Waals surface area contributed by atoms with Crippen LogP contribution in [0.1, 0.15) is 40.5 Å². The lowest BCUT2D eigenvalue weighted by molar-refractivity contribution is -0.297. The van der Waals surface area contributed by atoms with Crippen LogP contribution < -0.4 is 4.84 Å². The number of hydroxylamine groups is 4. The van der Waals surface area contributed by atoms with E-state index < -0.39 is 29.5 Å². The van der Waals surface area contributed by atoms with Gasteiger partial charge in [0, 0.05) is 10.4 Å². The number of nitrogens with zero attached hydrogens (tertiary/aromatic N) is 2. The van der Waals surface area contributed by atoms with Crippen LogP contribution in [0.4, 0.5) is 0 Å². The van der Waals surface area contributed by atoms with E-state index in [9.17, 15) is 14.7 Å². The molecule has 2 unspecified atom stereocenters. The summed E-state index contributed by atoms with van der Waals surface area (Å²) in [5.41, 5.74) is -2.20. The highest BCUT2D eigenvalue weighted by molar-refractivity contribution is 9.11. The fourth-order valence-corrected chi connectivity index (χ4v) is 4.24. The summed E-state index contributed by atoms with van der Waals surface area (Å²) in [4.78, 5) is 37.7. The summed E-state index contributed by atoms with van der Waals surface area (Å²) in [7, 11) is 1.32. The minimum Gasteiger partial charge on any atom is -0.372 e. The van der Waals surface area contributed by atoms with Crippen molar-refractivity contribution < 1.29 is 24.4 Å². The van der Waals surface area contributed by atoms with E-state index in [0.717, 1.165) is 14.6 Å². The van der Waals surface area contributed by atoms with E-state index in [4.69, 9.17) is 9.68 Å². The van der Waals surface area contributed by atoms with Crippen LogP contribution in [0.3, 0.4) is 0 Å². The van der Waals surface area contributed by atoms with Gasteiger partial charge in [-0.2, -0.15) is 0 Å². The van der Waals surface area contributed by atoms with Crippen LogP contribution in [0.25, 0.3) is 0 Å². The molecule has 0 spiro atoms. The van der Waals surface area contributed by atoms with Crippen molar-refractivity contribution in [1.82, 2.24) is 10.1 Å². The third-order valence-electron chi connectivity index (χ3n) is 5.29. The summed E-state index contributed by atoms with van der Waals surface area (Å²) in [6.07, 6.45) is 1.09. The number of halogens is 2. The highest BCUT2D eigenvalue weighted by Crippen LogP contribution is 2.38. The second-order valence-electron chi connectivity index (χ2n) is 6.98. The van der Waals surface area contributed by atoms with Gasteiger partial charge in [0.2, 0.25) is 0 Å². The largest absolute Gasteiger partial charge is 0.372 e. The van der Waals surface area contributed by atoms with Crippen molar-refractivity contribution in [2.45, 2.75) is 52.3 Å². The summed E-state index contributed by atoms with van der Waals surface area (Å²) in [5, 5.41) is 13.2. The minimum atomic E-state index is -2.20. The van der Waals surface area contributed by atoms with Crippen molar-refractivity contribution in [3.8, 4) is 5.75 Å². The molecule has 0 radical (unpaired) electrons. The summed E-state index contributed by atoms with van der Waals surface area (Å²) >= 11 is 6.75. The molecule has 7 nitrogen and oxygen atoms in total. The molecule has 0 aliphatic carbocycles. The van der Waals surface area contributed by atoms with Crippen LogP contribution in [0.2, 0.25) is 0 Å². The quantitative estimate of drug-likeness (QED) is 0.589. The summed E-state index contributed by atoms with van der Waals surface area (Å²) in [5.74, 6) is -1.73. The Morgan fingerprint density at radius 1 is 1.21 bits per heavy atom. The Labute approximate surface area is 182 Å². The first kappa shape index (κ1) is 23.1. The number of hydrogen-bond donors (Lipinski definition) is 1. The van der Waals surface area contributed by atoms with Crippen LogP contribution in [0.15, 0.2) is 27.1 Å². The van der Waals surface area contributed by atoms with Crippen LogP contribution >= 0.6 is 31.9 Å². The predicted molar refractivity (Wildman–Crippen MR) is 111 cm³/mol. The van der Waals surface area contributed by atoms with Crippen molar-refractivity contribution >= 4 is 43.7 Å². The van der Waals surface area contributed by atoms with E-state index in [2.05, 4.69) is 31.9 Å². The highest BCUT2D eigenvalue weighted by atomic mass is 79.9. The Hall–Kier alpha value is -1.16. The molecular weight excluding hydrogens is 496 g/mol. The number of benzene rings is 1. The molecule has 1 N–H and O–H groups in total. The Morgan fingerprint density at radius 3 is 2.36 bits per heavy atom. The Kier molecular flexibility index (Phi) is 7.52. The standard InChI is InChI=1S/C19H26Br2N2O5/c1-6-11(3)16-17(24)23(28-15-9-8-13(20)10-14(15)21)19(26,12(4)7-2)18(25)22(16)27-5/h8-12,16,26H,6-7H2,1-5H3/t11-,12-,16?,19?/m0/s1. The van der Waals surface area contributed by atoms with Crippen LogP contribution in [-0.4, -0.2) is 45.9 Å². The summed E-state index contributed by atoms with van der Waals surface area (Å²) < 4.78 is 1.39. The molecule has 0 aromatic heterocycles. The van der Waals surface area contributed by atoms with Gasteiger partial charge in [0.05, 0.1) is 11.6 Å². The molecule has 4 atom stereocenters. The monoisotopic (exact) mass is 520 g/mol. The molecule has 1 aromatic carbocycles. The lowest BCUT2D eigenvalue weighted by Crippen LogP contribution is -2.75. The van der Waals surface area contributed by atoms with Gasteiger partial charge in [0.1, 0.15) is 6.04 Å². The number of rotatable bonds is 7. The zero-order chi connectivity index (χ0) is 21.2. The Bertz CT molecular complexity index is 747. The molecule has 2 amide bonds. The van der Waals surface area contributed by atoms with Gasteiger partial charge in [-0.25, -0.2) is 5.06 Å². The van der Waals surface area contributed by atoms with E-state index in [-0.39, 0.29) is 5.92 Å². The molecule has 2 rings (SSSR count). The molecule has 1 aliphatic heterocycles. The van der Waals surface area contributed by atoms with Gasteiger partial charge in [0.25, 0.3) is 11.6 Å². The number of piperazine rings is 1. The second kappa shape index (κ2) is 9.11. The van der Waals surface area contributed by atoms with E-state index in [1.165, 1.54) is 7.11 Å². The maximum atomic E-state index is 13.4. The summed E-state index contributed by atoms with van der Waals surface area (Å²) in [6.45, 7) is 7.28. The first-order valence-corrected chi connectivity index (χ1v) is 10.8. The Morgan fingerprint density at radius 2 is 1.86 bits per heavy atom. The molecule has 1 aromatic rings. The molecule has 156 valence electrons. The van der Waals surface area contributed by atoms with Crippen molar-refractivity contribution in [1.29, 1.82) is 0 Å². The van der Waals surface area contributed by atoms with Gasteiger partial charge in [-0.1, -0.05) is 50.0 Å². The maximum Gasteiger partial charge on any atom is 0.303 e. The second-order valence-corrected chi connectivity index (χ2v) is 8.75. The summed E-state index contributed by atoms with van der Waals surface area (Å²) in [6, 6.07) is 4.23. The number of hydrogen-bond acceptors (Lipinski definition) is 5. The molecule has 1 aliphatic rings. The minimum absolute atomic E-state index is 0.197. The SMILES string of the molecule is CC[C@H](C)C1C(=O)N(Oc2ccc(Br)cc2Br)C(O)([C@@H](C)CC)C(=O)N1OC. The van der Waals surface area contributed by atoms with E-state index >= 15 is 0 Å². The van der Waals surface area contributed by atoms with Crippen LogP contribution in [-0.2, 0) is 14.4 Å². The first-order chi connectivity index (χ1) is 13.1. The molecule has 28 heavy (non-hydrogen) atoms. The van der Waals surface area contributed by atoms with Gasteiger partial charge in [-0.05, 0) is 46.5 Å². The van der Waals surface area contributed by atoms with Crippen molar-refractivity contribution in [3.05, 3.63) is 27.1 Å². The van der Waals surface area contributed by atoms with Gasteiger partial charge in [-0.3, -0.25) is 14.4 Å². The molecule has 1 fully saturated rings. The maximum absolute atomic E-state index is 13.4. The van der Waals surface area contributed by atoms with Crippen LogP contribution in [0, 0.1) is 11.8 Å². The smallest absolute Gasteiger partial charge is 0.303 e. The van der Waals surface area contributed by atoms with Crippen molar-refractivity contribution in [2.75, 3.05) is 7.11 Å². The average Bonchev–Trinajstić information content (AvgIpc) is 2.67. The molecule has 1 heterocycles. The van der Waals surface area contributed by atoms with Crippen molar-refractivity contribution in [2.24, 2.45) is 11.8 Å². The Balaban J connectivity index is 2.58. The molecule has 9 heteroatoms. The number of carbonyl (C=O) groups excluding carboxylic acids is 2. The van der Waals surface area contributed by atoms with Gasteiger partial charge in [-0.15, -0.1) is 5.06 Å². The van der Waals surface area contributed by atoms with Gasteiger partial charge < -0.3 is 9.94 Å². The van der Waals surface area contributed by atoms with E-state index in [1.54, 1.807) is 25.1 Å². The third kappa shape index (κ3) is 3.94. The van der Waals surface area contributed by atoms with Gasteiger partial charge in [0.15, 0.2) is 5.75 Å². The fraction of sp³-hybridized carbons (Fsp3) is 0.579. The lowest BCUT2D eigenvalue weighted by atomic mass is 9.87. The molecule has 0 saturated carbocycles. The average molecular weight is 522 g/mol. The third-order valence-corrected chi connectivity index (χ3v) is 6.41. The molecule has 0 bridgehead atoms. The zero-order valence-electron chi connectivity index (χ0n) is 16.6. The number of aliphatic hydroxyl groups is 1. The van der Waals surface area contributed by atoms with E-state index in [1.807, 2.05) is 20.8 Å². The zero-order valence-corrected chi connectivity index (χ0v) is 19.8. The molecular formula is C19H26Br2N2O5. The van der Waals surface area contributed by atoms with Crippen molar-refractivity contribution in [3.63, 3.8) is 0 Å². The molecule has 1 saturated heterocycles. The fourth-order valence-electron chi connectivity index (χ4n) is 3.12. The number of amides is 2. The lowest BCUT2D eigenvalue weighted by Gasteiger charge is -2.49. The number of carbonyl (C=O) groups is 2. The van der Waals surface area contributed by atoms with E-state index in [0.29, 0.717) is 23.1 Å².